The number of nitrogens with zero attached hydrogens (tertiary/aromatic N) is 2. The molecule has 3 atom stereocenters. The van der Waals surface area contributed by atoms with E-state index in [1.165, 1.54) is 7.11 Å². The fourth-order valence-electron chi connectivity index (χ4n) is 4.32. The van der Waals surface area contributed by atoms with Gasteiger partial charge < -0.3 is 29.3 Å². The topological polar surface area (TPSA) is 97.4 Å². The molecule has 1 aromatic rings. The summed E-state index contributed by atoms with van der Waals surface area (Å²) in [5.41, 5.74) is 0.982. The van der Waals surface area contributed by atoms with Gasteiger partial charge in [-0.2, -0.15) is 0 Å². The predicted octanol–water partition coefficient (Wildman–Crippen LogP) is 2.40. The fourth-order valence-corrected chi connectivity index (χ4v) is 4.32. The second-order valence-electron chi connectivity index (χ2n) is 9.40. The van der Waals surface area contributed by atoms with Gasteiger partial charge in [-0.25, -0.2) is 0 Å². The van der Waals surface area contributed by atoms with Crippen molar-refractivity contribution in [1.82, 2.24) is 9.80 Å². The van der Waals surface area contributed by atoms with E-state index in [0.717, 1.165) is 19.3 Å². The van der Waals surface area contributed by atoms with E-state index in [1.54, 1.807) is 42.2 Å². The molecule has 0 unspecified atom stereocenters. The molecule has 0 radical (unpaired) electrons. The lowest BCUT2D eigenvalue weighted by atomic mass is 9.85. The Morgan fingerprint density at radius 3 is 2.53 bits per heavy atom. The number of hydrogen-bond donors (Lipinski definition) is 1. The molecule has 188 valence electrons. The van der Waals surface area contributed by atoms with E-state index >= 15 is 0 Å². The van der Waals surface area contributed by atoms with Gasteiger partial charge in [-0.3, -0.25) is 14.4 Å². The normalized spacial score (nSPS) is 24.3. The number of amides is 3. The molecule has 34 heavy (non-hydrogen) atoms. The van der Waals surface area contributed by atoms with Crippen LogP contribution in [0.15, 0.2) is 18.2 Å². The van der Waals surface area contributed by atoms with Crippen molar-refractivity contribution in [2.75, 3.05) is 52.9 Å². The molecule has 1 aliphatic heterocycles. The Morgan fingerprint density at radius 1 is 1.18 bits per heavy atom. The number of fused-ring (bicyclic) bond motifs is 1. The first kappa shape index (κ1) is 26.0. The summed E-state index contributed by atoms with van der Waals surface area (Å²) in [5.74, 6) is 0.0565. The van der Waals surface area contributed by atoms with Crippen LogP contribution in [-0.2, 0) is 19.1 Å². The highest BCUT2D eigenvalue weighted by atomic mass is 16.5. The average molecular weight is 476 g/mol. The van der Waals surface area contributed by atoms with Crippen molar-refractivity contribution in [2.24, 2.45) is 11.8 Å². The quantitative estimate of drug-likeness (QED) is 0.703. The van der Waals surface area contributed by atoms with E-state index in [9.17, 15) is 14.4 Å². The Bertz CT molecular complexity index is 887. The van der Waals surface area contributed by atoms with Crippen LogP contribution in [0.2, 0.25) is 0 Å². The van der Waals surface area contributed by atoms with Crippen LogP contribution < -0.4 is 10.1 Å². The van der Waals surface area contributed by atoms with Gasteiger partial charge in [0.1, 0.15) is 19.0 Å². The number of nitrogens with one attached hydrogen (secondary N) is 1. The maximum atomic E-state index is 13.3. The molecule has 0 bridgehead atoms. The van der Waals surface area contributed by atoms with Crippen molar-refractivity contribution >= 4 is 23.4 Å². The Morgan fingerprint density at radius 2 is 1.91 bits per heavy atom. The minimum atomic E-state index is -0.268. The van der Waals surface area contributed by atoms with Crippen molar-refractivity contribution in [3.05, 3.63) is 23.8 Å². The summed E-state index contributed by atoms with van der Waals surface area (Å²) in [4.78, 5) is 41.8. The van der Waals surface area contributed by atoms with E-state index < -0.39 is 0 Å². The van der Waals surface area contributed by atoms with Crippen LogP contribution in [-0.4, -0.2) is 87.2 Å². The van der Waals surface area contributed by atoms with Crippen LogP contribution in [0.4, 0.5) is 5.69 Å². The third-order valence-electron chi connectivity index (χ3n) is 6.78. The number of carbonyl (C=O) groups excluding carboxylic acids is 3. The van der Waals surface area contributed by atoms with Crippen molar-refractivity contribution < 1.29 is 28.6 Å². The molecule has 1 N–H and O–H groups in total. The lowest BCUT2D eigenvalue weighted by Crippen LogP contribution is -2.49. The van der Waals surface area contributed by atoms with Crippen LogP contribution in [0.3, 0.4) is 0 Å². The zero-order valence-corrected chi connectivity index (χ0v) is 20.8. The number of carbonyl (C=O) groups is 3. The minimum absolute atomic E-state index is 0.00979. The zero-order chi connectivity index (χ0) is 24.8. The molecule has 1 aliphatic carbocycles. The fraction of sp³-hybridized carbons (Fsp3) is 0.640. The molecule has 3 rings (SSSR count). The van der Waals surface area contributed by atoms with Crippen molar-refractivity contribution in [3.63, 3.8) is 0 Å². The Balaban J connectivity index is 1.91. The SMILES string of the molecule is COCC(=O)N1C[C@@H](C)[C@H](OC)CN(C)C(=O)c2ccc(NC(=O)C3CCC3)cc2OC[C@H]1C. The van der Waals surface area contributed by atoms with Crippen LogP contribution in [0.25, 0.3) is 0 Å². The Hall–Kier alpha value is -2.65. The maximum Gasteiger partial charge on any atom is 0.257 e. The van der Waals surface area contributed by atoms with E-state index in [0.29, 0.717) is 30.1 Å². The standard InChI is InChI=1S/C25H37N3O6/c1-16-12-28(23(29)15-32-4)17(2)14-34-21-11-19(26-24(30)18-7-6-8-18)9-10-20(21)25(31)27(3)13-22(16)33-5/h9-11,16-18,22H,6-8,12-15H2,1-5H3,(H,26,30)/t16-,17-,22-/m1/s1. The van der Waals surface area contributed by atoms with Gasteiger partial charge in [0.15, 0.2) is 0 Å². The zero-order valence-electron chi connectivity index (χ0n) is 20.8. The lowest BCUT2D eigenvalue weighted by Gasteiger charge is -2.36. The van der Waals surface area contributed by atoms with Gasteiger partial charge in [-0.1, -0.05) is 13.3 Å². The molecule has 3 amide bonds. The monoisotopic (exact) mass is 475 g/mol. The van der Waals surface area contributed by atoms with E-state index in [-0.39, 0.29) is 54.9 Å². The highest BCUT2D eigenvalue weighted by molar-refractivity contribution is 5.99. The Labute approximate surface area is 201 Å². The first-order chi connectivity index (χ1) is 16.2. The van der Waals surface area contributed by atoms with Gasteiger partial charge in [0.25, 0.3) is 5.91 Å². The number of hydrogen-bond acceptors (Lipinski definition) is 6. The molecule has 1 aromatic carbocycles. The smallest absolute Gasteiger partial charge is 0.257 e. The van der Waals surface area contributed by atoms with Crippen molar-refractivity contribution in [1.29, 1.82) is 0 Å². The van der Waals surface area contributed by atoms with Crippen molar-refractivity contribution in [3.8, 4) is 5.75 Å². The van der Waals surface area contributed by atoms with Gasteiger partial charge in [-0.15, -0.1) is 0 Å². The second-order valence-corrected chi connectivity index (χ2v) is 9.40. The highest BCUT2D eigenvalue weighted by Crippen LogP contribution is 2.30. The number of rotatable bonds is 5. The summed E-state index contributed by atoms with van der Waals surface area (Å²) >= 11 is 0. The maximum absolute atomic E-state index is 13.3. The summed E-state index contributed by atoms with van der Waals surface area (Å²) in [7, 11) is 4.83. The summed E-state index contributed by atoms with van der Waals surface area (Å²) < 4.78 is 16.9. The van der Waals surface area contributed by atoms with Crippen LogP contribution in [0.5, 0.6) is 5.75 Å². The van der Waals surface area contributed by atoms with Gasteiger partial charge in [0.2, 0.25) is 11.8 Å². The molecular weight excluding hydrogens is 438 g/mol. The van der Waals surface area contributed by atoms with Gasteiger partial charge in [0.05, 0.1) is 17.7 Å². The lowest BCUT2D eigenvalue weighted by molar-refractivity contribution is -0.139. The minimum Gasteiger partial charge on any atom is -0.491 e. The largest absolute Gasteiger partial charge is 0.491 e. The third kappa shape index (κ3) is 6.07. The predicted molar refractivity (Wildman–Crippen MR) is 128 cm³/mol. The molecule has 2 aliphatic rings. The number of likely N-dealkylation sites (N-methyl/N-ethyl adjacent to an activating group) is 1. The van der Waals surface area contributed by atoms with E-state index in [1.807, 2.05) is 13.8 Å². The average Bonchev–Trinajstić information content (AvgIpc) is 2.77. The highest BCUT2D eigenvalue weighted by Gasteiger charge is 2.31. The first-order valence-corrected chi connectivity index (χ1v) is 11.9. The number of anilines is 1. The molecule has 1 fully saturated rings. The summed E-state index contributed by atoms with van der Waals surface area (Å²) in [6.07, 6.45) is 2.62. The summed E-state index contributed by atoms with van der Waals surface area (Å²) in [6.45, 7) is 4.87. The first-order valence-electron chi connectivity index (χ1n) is 11.9. The molecular formula is C25H37N3O6. The summed E-state index contributed by atoms with van der Waals surface area (Å²) in [6, 6.07) is 4.83. The van der Waals surface area contributed by atoms with Crippen molar-refractivity contribution in [2.45, 2.75) is 45.3 Å². The van der Waals surface area contributed by atoms with E-state index in [4.69, 9.17) is 14.2 Å². The van der Waals surface area contributed by atoms with Crippen LogP contribution in [0, 0.1) is 11.8 Å². The molecule has 0 aromatic heterocycles. The van der Waals surface area contributed by atoms with Gasteiger partial charge >= 0.3 is 0 Å². The number of ether oxygens (including phenoxy) is 3. The molecule has 0 saturated heterocycles. The second kappa shape index (κ2) is 11.7. The molecule has 1 heterocycles. The van der Waals surface area contributed by atoms with E-state index in [2.05, 4.69) is 5.32 Å². The number of methoxy groups -OCH3 is 2. The molecule has 0 spiro atoms. The van der Waals surface area contributed by atoms with Gasteiger partial charge in [0, 0.05) is 57.9 Å². The Kier molecular flexibility index (Phi) is 8.90. The van der Waals surface area contributed by atoms with Crippen LogP contribution in [0.1, 0.15) is 43.5 Å². The number of benzene rings is 1. The van der Waals surface area contributed by atoms with Crippen LogP contribution >= 0.6 is 0 Å². The molecule has 1 saturated carbocycles. The third-order valence-corrected chi connectivity index (χ3v) is 6.78. The molecule has 9 nitrogen and oxygen atoms in total. The summed E-state index contributed by atoms with van der Waals surface area (Å²) in [5, 5.41) is 2.94. The van der Waals surface area contributed by atoms with Gasteiger partial charge in [-0.05, 0) is 31.9 Å². The molecule has 9 heteroatoms.